The quantitative estimate of drug-likeness (QED) is 0.274. The van der Waals surface area contributed by atoms with Crippen LogP contribution in [0.1, 0.15) is 63.4 Å². The SMILES string of the molecule is CC.CC.CNCCc1nc(NCC(c2ccccc2)c2ccccc2)c2c(n1)N(C1CCC(COC)O1)CN2. The highest BCUT2D eigenvalue weighted by Gasteiger charge is 2.36. The van der Waals surface area contributed by atoms with Crippen molar-refractivity contribution in [2.24, 2.45) is 0 Å². The molecule has 5 rings (SSSR count). The maximum Gasteiger partial charge on any atom is 0.161 e. The van der Waals surface area contributed by atoms with Gasteiger partial charge in [-0.05, 0) is 31.0 Å². The highest BCUT2D eigenvalue weighted by molar-refractivity contribution is 5.81. The maximum atomic E-state index is 6.29. The van der Waals surface area contributed by atoms with Crippen molar-refractivity contribution in [1.29, 1.82) is 0 Å². The molecule has 218 valence electrons. The first kappa shape index (κ1) is 31.3. The minimum Gasteiger partial charge on any atom is -0.382 e. The maximum absolute atomic E-state index is 6.29. The molecule has 2 aromatic carbocycles. The molecule has 0 saturated carbocycles. The molecular formula is C32H48N6O2. The molecule has 0 aliphatic carbocycles. The molecule has 0 bridgehead atoms. The van der Waals surface area contributed by atoms with Gasteiger partial charge in [0.1, 0.15) is 17.7 Å². The number of benzene rings is 2. The first-order valence-electron chi connectivity index (χ1n) is 14.8. The number of rotatable bonds is 11. The van der Waals surface area contributed by atoms with E-state index in [4.69, 9.17) is 19.4 Å². The lowest BCUT2D eigenvalue weighted by Crippen LogP contribution is -2.36. The van der Waals surface area contributed by atoms with Crippen LogP contribution in [-0.4, -0.2) is 62.8 Å². The standard InChI is InChI=1S/C28H36N6O2.2C2H6/c1-29-16-15-24-32-27(26-28(33-24)34(19-31-26)25-14-13-22(36-25)18-35-2)30-17-23(20-9-5-3-6-10-20)21-11-7-4-8-12-21;2*1-2/h3-12,22-23,25,29,31H,13-19H2,1-2H3,(H,30,32,33);2*1-2H3. The second-order valence-electron chi connectivity index (χ2n) is 9.35. The van der Waals surface area contributed by atoms with Crippen molar-refractivity contribution in [3.63, 3.8) is 0 Å². The van der Waals surface area contributed by atoms with Crippen LogP contribution in [0.15, 0.2) is 60.7 Å². The second-order valence-corrected chi connectivity index (χ2v) is 9.35. The van der Waals surface area contributed by atoms with Gasteiger partial charge in [0.2, 0.25) is 0 Å². The molecule has 0 radical (unpaired) electrons. The summed E-state index contributed by atoms with van der Waals surface area (Å²) in [5.74, 6) is 2.78. The topological polar surface area (TPSA) is 83.6 Å². The summed E-state index contributed by atoms with van der Waals surface area (Å²) >= 11 is 0. The largest absolute Gasteiger partial charge is 0.382 e. The van der Waals surface area contributed by atoms with E-state index in [2.05, 4.69) is 81.5 Å². The molecule has 0 spiro atoms. The first-order valence-corrected chi connectivity index (χ1v) is 14.8. The molecule has 2 atom stereocenters. The average molecular weight is 549 g/mol. The van der Waals surface area contributed by atoms with Gasteiger partial charge in [0, 0.05) is 32.5 Å². The van der Waals surface area contributed by atoms with Crippen molar-refractivity contribution < 1.29 is 9.47 Å². The lowest BCUT2D eigenvalue weighted by atomic mass is 9.91. The number of aromatic nitrogens is 2. The first-order chi connectivity index (χ1) is 19.8. The van der Waals surface area contributed by atoms with E-state index in [0.717, 1.165) is 55.5 Å². The third kappa shape index (κ3) is 7.93. The molecule has 3 heterocycles. The van der Waals surface area contributed by atoms with Crippen LogP contribution in [-0.2, 0) is 15.9 Å². The van der Waals surface area contributed by atoms with E-state index in [9.17, 15) is 0 Å². The van der Waals surface area contributed by atoms with Crippen LogP contribution in [0.3, 0.4) is 0 Å². The number of likely N-dealkylation sites (N-methyl/N-ethyl adjacent to an activating group) is 1. The summed E-state index contributed by atoms with van der Waals surface area (Å²) in [4.78, 5) is 12.1. The number of hydrogen-bond donors (Lipinski definition) is 3. The molecule has 8 nitrogen and oxygen atoms in total. The molecule has 1 aromatic heterocycles. The van der Waals surface area contributed by atoms with E-state index < -0.39 is 0 Å². The Morgan fingerprint density at radius 3 is 2.23 bits per heavy atom. The van der Waals surface area contributed by atoms with Gasteiger partial charge in [0.25, 0.3) is 0 Å². The van der Waals surface area contributed by atoms with E-state index in [0.29, 0.717) is 13.3 Å². The Kier molecular flexibility index (Phi) is 13.2. The Bertz CT molecular complexity index is 1080. The van der Waals surface area contributed by atoms with Crippen LogP contribution < -0.4 is 20.9 Å². The Morgan fingerprint density at radius 2 is 1.62 bits per heavy atom. The van der Waals surface area contributed by atoms with Crippen molar-refractivity contribution in [2.45, 2.75) is 65.2 Å². The summed E-state index contributed by atoms with van der Waals surface area (Å²) in [6.45, 7) is 10.8. The molecule has 2 aliphatic heterocycles. The van der Waals surface area contributed by atoms with Gasteiger partial charge in [-0.15, -0.1) is 0 Å². The lowest BCUT2D eigenvalue weighted by molar-refractivity contribution is -0.00157. The van der Waals surface area contributed by atoms with Crippen LogP contribution in [0.5, 0.6) is 0 Å². The summed E-state index contributed by atoms with van der Waals surface area (Å²) in [6, 6.07) is 21.3. The zero-order chi connectivity index (χ0) is 28.7. The monoisotopic (exact) mass is 548 g/mol. The molecule has 1 saturated heterocycles. The third-order valence-corrected chi connectivity index (χ3v) is 6.90. The molecular weight excluding hydrogens is 500 g/mol. The minimum absolute atomic E-state index is 0.0137. The zero-order valence-corrected chi connectivity index (χ0v) is 25.1. The fourth-order valence-electron chi connectivity index (χ4n) is 5.04. The average Bonchev–Trinajstić information content (AvgIpc) is 3.66. The van der Waals surface area contributed by atoms with E-state index in [1.54, 1.807) is 7.11 Å². The van der Waals surface area contributed by atoms with E-state index in [1.807, 2.05) is 34.7 Å². The summed E-state index contributed by atoms with van der Waals surface area (Å²) < 4.78 is 11.6. The van der Waals surface area contributed by atoms with E-state index in [1.165, 1.54) is 11.1 Å². The highest BCUT2D eigenvalue weighted by atomic mass is 16.5. The molecule has 40 heavy (non-hydrogen) atoms. The van der Waals surface area contributed by atoms with Gasteiger partial charge in [-0.25, -0.2) is 9.97 Å². The van der Waals surface area contributed by atoms with Crippen molar-refractivity contribution in [3.8, 4) is 0 Å². The third-order valence-electron chi connectivity index (χ3n) is 6.90. The van der Waals surface area contributed by atoms with Gasteiger partial charge in [-0.3, -0.25) is 0 Å². The molecule has 2 unspecified atom stereocenters. The molecule has 3 N–H and O–H groups in total. The molecule has 3 aromatic rings. The van der Waals surface area contributed by atoms with Crippen LogP contribution in [0, 0.1) is 0 Å². The zero-order valence-electron chi connectivity index (χ0n) is 25.1. The predicted octanol–water partition coefficient (Wildman–Crippen LogP) is 5.88. The van der Waals surface area contributed by atoms with Gasteiger partial charge in [-0.1, -0.05) is 88.4 Å². The smallest absolute Gasteiger partial charge is 0.161 e. The predicted molar refractivity (Wildman–Crippen MR) is 166 cm³/mol. The number of fused-ring (bicyclic) bond motifs is 1. The normalized spacial score (nSPS) is 17.3. The number of ether oxygens (including phenoxy) is 2. The Balaban J connectivity index is 0.00000106. The molecule has 8 heteroatoms. The van der Waals surface area contributed by atoms with Crippen molar-refractivity contribution in [3.05, 3.63) is 77.6 Å². The van der Waals surface area contributed by atoms with Gasteiger partial charge in [-0.2, -0.15) is 0 Å². The van der Waals surface area contributed by atoms with Gasteiger partial charge in [0.05, 0.1) is 19.4 Å². The number of hydrogen-bond acceptors (Lipinski definition) is 8. The molecule has 0 amide bonds. The Hall–Kier alpha value is -3.20. The van der Waals surface area contributed by atoms with Crippen LogP contribution in [0.2, 0.25) is 0 Å². The van der Waals surface area contributed by atoms with Gasteiger partial charge < -0.3 is 30.3 Å². The summed E-state index contributed by atoms with van der Waals surface area (Å²) in [5, 5.41) is 10.4. The number of anilines is 3. The summed E-state index contributed by atoms with van der Waals surface area (Å²) in [7, 11) is 3.67. The highest BCUT2D eigenvalue weighted by Crippen LogP contribution is 2.39. The minimum atomic E-state index is -0.0137. The fraction of sp³-hybridized carbons (Fsp3) is 0.500. The number of nitrogens with zero attached hydrogens (tertiary/aromatic N) is 3. The van der Waals surface area contributed by atoms with Crippen molar-refractivity contribution in [1.82, 2.24) is 15.3 Å². The number of nitrogens with one attached hydrogen (secondary N) is 3. The van der Waals surface area contributed by atoms with Gasteiger partial charge >= 0.3 is 0 Å². The Labute approximate surface area is 240 Å². The number of methoxy groups -OCH3 is 1. The van der Waals surface area contributed by atoms with Crippen molar-refractivity contribution >= 4 is 17.3 Å². The summed E-state index contributed by atoms with van der Waals surface area (Å²) in [5.41, 5.74) is 3.49. The molecule has 2 aliphatic rings. The summed E-state index contributed by atoms with van der Waals surface area (Å²) in [6.07, 6.45) is 2.82. The van der Waals surface area contributed by atoms with Gasteiger partial charge in [0.15, 0.2) is 11.6 Å². The van der Waals surface area contributed by atoms with Crippen molar-refractivity contribution in [2.75, 3.05) is 56.1 Å². The molecule has 1 fully saturated rings. The second kappa shape index (κ2) is 16.8. The lowest BCUT2D eigenvalue weighted by Gasteiger charge is -2.25. The Morgan fingerprint density at radius 1 is 0.975 bits per heavy atom. The van der Waals surface area contributed by atoms with Crippen LogP contribution >= 0.6 is 0 Å². The van der Waals surface area contributed by atoms with Crippen LogP contribution in [0.25, 0.3) is 0 Å². The van der Waals surface area contributed by atoms with Crippen LogP contribution in [0.4, 0.5) is 17.3 Å². The van der Waals surface area contributed by atoms with E-state index >= 15 is 0 Å². The van der Waals surface area contributed by atoms with E-state index in [-0.39, 0.29) is 18.2 Å². The fourth-order valence-corrected chi connectivity index (χ4v) is 5.04.